The van der Waals surface area contributed by atoms with Gasteiger partial charge < -0.3 is 21.5 Å². The van der Waals surface area contributed by atoms with Crippen LogP contribution in [-0.4, -0.2) is 62.8 Å². The fourth-order valence-electron chi connectivity index (χ4n) is 3.19. The van der Waals surface area contributed by atoms with Gasteiger partial charge in [-0.2, -0.15) is 0 Å². The van der Waals surface area contributed by atoms with E-state index in [1.807, 2.05) is 20.8 Å². The summed E-state index contributed by atoms with van der Waals surface area (Å²) in [5.41, 5.74) is 3.65. The van der Waals surface area contributed by atoms with Gasteiger partial charge in [-0.05, 0) is 26.7 Å². The highest BCUT2D eigenvalue weighted by Crippen LogP contribution is 2.38. The highest BCUT2D eigenvalue weighted by molar-refractivity contribution is 8.77. The van der Waals surface area contributed by atoms with Crippen LogP contribution in [0.3, 0.4) is 0 Å². The minimum absolute atomic E-state index is 0.00143. The number of carbonyl (C=O) groups is 4. The maximum Gasteiger partial charge on any atom is 0.303 e. The van der Waals surface area contributed by atoms with Gasteiger partial charge in [0.15, 0.2) is 0 Å². The summed E-state index contributed by atoms with van der Waals surface area (Å²) in [5, 5.41) is 25.9. The van der Waals surface area contributed by atoms with Gasteiger partial charge in [0.05, 0.1) is 0 Å². The van der Waals surface area contributed by atoms with E-state index in [2.05, 4.69) is 10.6 Å². The largest absolute Gasteiger partial charge is 0.481 e. The number of aliphatic carboxylic acids is 1. The molecule has 0 bridgehead atoms. The summed E-state index contributed by atoms with van der Waals surface area (Å²) in [7, 11) is 3.10. The first-order chi connectivity index (χ1) is 15.8. The molecule has 3 amide bonds. The molecule has 11 nitrogen and oxygen atoms in total. The van der Waals surface area contributed by atoms with E-state index in [1.165, 1.54) is 10.8 Å². The smallest absolute Gasteiger partial charge is 0.303 e. The average molecular weight is 523 g/mol. The van der Waals surface area contributed by atoms with Crippen LogP contribution in [0, 0.1) is 10.1 Å². The third-order valence-electron chi connectivity index (χ3n) is 5.16. The third kappa shape index (κ3) is 15.0. The van der Waals surface area contributed by atoms with Crippen molar-refractivity contribution in [3.05, 3.63) is 10.1 Å². The topological polar surface area (TPSA) is 182 Å². The Morgan fingerprint density at radius 3 is 1.97 bits per heavy atom. The second-order valence-corrected chi connectivity index (χ2v) is 11.8. The Morgan fingerprint density at radius 1 is 0.941 bits per heavy atom. The van der Waals surface area contributed by atoms with Crippen molar-refractivity contribution in [1.29, 1.82) is 0 Å². The highest BCUT2D eigenvalue weighted by Gasteiger charge is 2.42. The molecule has 0 aromatic carbocycles. The molecule has 1 unspecified atom stereocenters. The molecule has 0 fully saturated rings. The molecular formula is C21H38N4O7S2. The van der Waals surface area contributed by atoms with Gasteiger partial charge in [0, 0.05) is 73.5 Å². The molecule has 196 valence electrons. The lowest BCUT2D eigenvalue weighted by molar-refractivity contribution is -0.573. The Morgan fingerprint density at radius 2 is 1.50 bits per heavy atom. The van der Waals surface area contributed by atoms with Crippen molar-refractivity contribution in [1.82, 2.24) is 10.6 Å². The van der Waals surface area contributed by atoms with E-state index in [0.717, 1.165) is 0 Å². The van der Waals surface area contributed by atoms with E-state index in [9.17, 15) is 29.3 Å². The fraction of sp³-hybridized carbons (Fsp3) is 0.810. The van der Waals surface area contributed by atoms with E-state index >= 15 is 0 Å². The normalized spacial score (nSPS) is 13.0. The van der Waals surface area contributed by atoms with Crippen molar-refractivity contribution in [2.75, 3.05) is 18.8 Å². The number of nitro groups is 1. The van der Waals surface area contributed by atoms with Crippen LogP contribution in [0.25, 0.3) is 0 Å². The number of rotatable bonds is 20. The Bertz CT molecular complexity index is 707. The van der Waals surface area contributed by atoms with Gasteiger partial charge in [0.25, 0.3) is 0 Å². The number of carboxylic acids is 1. The number of carbonyl (C=O) groups excluding carboxylic acids is 3. The molecule has 0 rings (SSSR count). The quantitative estimate of drug-likeness (QED) is 0.0807. The number of nitrogens with two attached hydrogens (primary N) is 1. The number of carboxylic acid groups (broad SMARTS) is 1. The Labute approximate surface area is 208 Å². The van der Waals surface area contributed by atoms with Crippen LogP contribution in [0.4, 0.5) is 0 Å². The van der Waals surface area contributed by atoms with E-state index in [-0.39, 0.29) is 67.1 Å². The van der Waals surface area contributed by atoms with Gasteiger partial charge in [0.2, 0.25) is 23.3 Å². The van der Waals surface area contributed by atoms with Crippen molar-refractivity contribution in [3.63, 3.8) is 0 Å². The second kappa shape index (κ2) is 16.6. The minimum Gasteiger partial charge on any atom is -0.481 e. The average Bonchev–Trinajstić information content (AvgIpc) is 2.73. The minimum atomic E-state index is -1.37. The summed E-state index contributed by atoms with van der Waals surface area (Å²) < 4.78 is -0.204. The number of hydrogen-bond acceptors (Lipinski definition) is 8. The highest BCUT2D eigenvalue weighted by atomic mass is 33.1. The van der Waals surface area contributed by atoms with Crippen LogP contribution in [0.15, 0.2) is 0 Å². The van der Waals surface area contributed by atoms with Crippen LogP contribution >= 0.6 is 21.6 Å². The van der Waals surface area contributed by atoms with Crippen LogP contribution in [0.2, 0.25) is 0 Å². The second-order valence-electron chi connectivity index (χ2n) is 8.71. The summed E-state index contributed by atoms with van der Waals surface area (Å²) in [5.74, 6) is -1.44. The van der Waals surface area contributed by atoms with Gasteiger partial charge >= 0.3 is 5.97 Å². The van der Waals surface area contributed by atoms with Crippen LogP contribution in [-0.2, 0) is 19.2 Å². The summed E-state index contributed by atoms with van der Waals surface area (Å²) in [6.45, 7) is 6.23. The lowest BCUT2D eigenvalue weighted by Crippen LogP contribution is -2.41. The zero-order valence-electron chi connectivity index (χ0n) is 20.2. The van der Waals surface area contributed by atoms with Gasteiger partial charge in [-0.25, -0.2) is 0 Å². The molecule has 1 atom stereocenters. The Kier molecular flexibility index (Phi) is 15.6. The van der Waals surface area contributed by atoms with Gasteiger partial charge in [0.1, 0.15) is 0 Å². The molecule has 0 aliphatic carbocycles. The molecule has 34 heavy (non-hydrogen) atoms. The predicted molar refractivity (Wildman–Crippen MR) is 134 cm³/mol. The van der Waals surface area contributed by atoms with Gasteiger partial charge in [-0.1, -0.05) is 28.5 Å². The van der Waals surface area contributed by atoms with Gasteiger partial charge in [-0.15, -0.1) is 0 Å². The predicted octanol–water partition coefficient (Wildman–Crippen LogP) is 2.50. The maximum absolute atomic E-state index is 12.3. The van der Waals surface area contributed by atoms with Crippen LogP contribution in [0.5, 0.6) is 0 Å². The van der Waals surface area contributed by atoms with Crippen LogP contribution < -0.4 is 16.4 Å². The van der Waals surface area contributed by atoms with Crippen molar-refractivity contribution in [3.8, 4) is 0 Å². The lowest BCUT2D eigenvalue weighted by Gasteiger charge is -2.25. The monoisotopic (exact) mass is 522 g/mol. The summed E-state index contributed by atoms with van der Waals surface area (Å²) in [6.07, 6.45) is 1.35. The van der Waals surface area contributed by atoms with E-state index in [1.54, 1.807) is 10.8 Å². The summed E-state index contributed by atoms with van der Waals surface area (Å²) >= 11 is 0. The maximum atomic E-state index is 12.3. The SMILES string of the molecule is CCCC(CCC(=O)NCCSSC(C)(C)CCC(=O)O)(CCC(=O)NCCC(N)=O)[N+](=O)[O-]. The summed E-state index contributed by atoms with van der Waals surface area (Å²) in [4.78, 5) is 57.2. The molecule has 0 saturated carbocycles. The zero-order valence-corrected chi connectivity index (χ0v) is 21.9. The third-order valence-corrected chi connectivity index (χ3v) is 8.52. The molecule has 13 heteroatoms. The fourth-order valence-corrected chi connectivity index (χ4v) is 5.67. The molecule has 5 N–H and O–H groups in total. The van der Waals surface area contributed by atoms with Crippen molar-refractivity contribution in [2.45, 2.75) is 88.8 Å². The van der Waals surface area contributed by atoms with Crippen molar-refractivity contribution < 1.29 is 29.2 Å². The Balaban J connectivity index is 4.52. The van der Waals surface area contributed by atoms with Crippen molar-refractivity contribution in [2.24, 2.45) is 5.73 Å². The van der Waals surface area contributed by atoms with Crippen molar-refractivity contribution >= 4 is 45.3 Å². The number of hydrogen-bond donors (Lipinski definition) is 4. The molecule has 0 aliphatic rings. The molecule has 0 heterocycles. The molecular weight excluding hydrogens is 484 g/mol. The van der Waals surface area contributed by atoms with E-state index < -0.39 is 23.3 Å². The lowest BCUT2D eigenvalue weighted by atomic mass is 9.84. The first kappa shape index (κ1) is 32.0. The molecule has 0 spiro atoms. The molecule has 0 aliphatic heterocycles. The number of amides is 3. The van der Waals surface area contributed by atoms with E-state index in [0.29, 0.717) is 25.1 Å². The summed E-state index contributed by atoms with van der Waals surface area (Å²) in [6, 6.07) is 0. The number of primary amides is 1. The molecule has 0 aromatic rings. The van der Waals surface area contributed by atoms with Crippen LogP contribution in [0.1, 0.15) is 78.6 Å². The van der Waals surface area contributed by atoms with Gasteiger partial charge in [-0.3, -0.25) is 29.3 Å². The number of nitrogens with zero attached hydrogens (tertiary/aromatic N) is 1. The molecule has 0 aromatic heterocycles. The van der Waals surface area contributed by atoms with E-state index in [4.69, 9.17) is 10.8 Å². The molecule has 0 saturated heterocycles. The first-order valence-corrected chi connectivity index (χ1v) is 13.6. The molecule has 0 radical (unpaired) electrons. The standard InChI is InChI=1S/C21H38N4O7S2/c1-4-9-21(25(31)32,11-5-17(27)23-13-8-16(22)26)12-6-18(28)24-14-15-33-34-20(2,3)10-7-19(29)30/h4-15H2,1-3H3,(H2,22,26)(H,23,27)(H,24,28)(H,29,30). The number of nitrogens with one attached hydrogen (secondary N) is 2. The first-order valence-electron chi connectivity index (χ1n) is 11.3. The zero-order chi connectivity index (χ0) is 26.2. The Hall–Kier alpha value is -2.02.